The summed E-state index contributed by atoms with van der Waals surface area (Å²) in [5.41, 5.74) is 5.96. The third-order valence-electron chi connectivity index (χ3n) is 3.86. The highest BCUT2D eigenvalue weighted by Crippen LogP contribution is 2.40. The second-order valence-electron chi connectivity index (χ2n) is 4.78. The van der Waals surface area contributed by atoms with E-state index >= 15 is 0 Å². The van der Waals surface area contributed by atoms with Gasteiger partial charge in [-0.2, -0.15) is 0 Å². The van der Waals surface area contributed by atoms with E-state index in [1.165, 1.54) is 30.6 Å². The lowest BCUT2D eigenvalue weighted by molar-refractivity contribution is 0.220. The van der Waals surface area contributed by atoms with Crippen LogP contribution >= 0.6 is 11.3 Å². The molecule has 0 saturated heterocycles. The lowest BCUT2D eigenvalue weighted by Crippen LogP contribution is -2.28. The van der Waals surface area contributed by atoms with Gasteiger partial charge in [0.15, 0.2) is 0 Å². The Morgan fingerprint density at radius 2 is 2.27 bits per heavy atom. The summed E-state index contributed by atoms with van der Waals surface area (Å²) in [5.74, 6) is 2.29. The molecule has 3 atom stereocenters. The van der Waals surface area contributed by atoms with Crippen LogP contribution < -0.4 is 5.73 Å². The minimum atomic E-state index is 0.611. The van der Waals surface area contributed by atoms with E-state index in [0.29, 0.717) is 5.92 Å². The van der Waals surface area contributed by atoms with Crippen LogP contribution in [-0.4, -0.2) is 6.54 Å². The first-order chi connectivity index (χ1) is 7.33. The molecule has 2 heteroatoms. The maximum absolute atomic E-state index is 5.96. The Balaban J connectivity index is 2.11. The first kappa shape index (κ1) is 11.2. The van der Waals surface area contributed by atoms with Gasteiger partial charge in [0, 0.05) is 17.3 Å². The monoisotopic (exact) mass is 223 g/mol. The topological polar surface area (TPSA) is 26.0 Å². The molecule has 0 spiro atoms. The van der Waals surface area contributed by atoms with E-state index in [1.54, 1.807) is 0 Å². The molecule has 1 saturated carbocycles. The second kappa shape index (κ2) is 5.13. The van der Waals surface area contributed by atoms with Crippen molar-refractivity contribution in [2.24, 2.45) is 17.6 Å². The van der Waals surface area contributed by atoms with Crippen molar-refractivity contribution in [1.29, 1.82) is 0 Å². The molecule has 0 aromatic carbocycles. The largest absolute Gasteiger partial charge is 0.330 e. The van der Waals surface area contributed by atoms with E-state index in [4.69, 9.17) is 5.73 Å². The maximum atomic E-state index is 5.96. The van der Waals surface area contributed by atoms with Crippen LogP contribution in [0.25, 0.3) is 0 Å². The number of nitrogens with two attached hydrogens (primary N) is 1. The van der Waals surface area contributed by atoms with Gasteiger partial charge in [-0.3, -0.25) is 0 Å². The first-order valence-electron chi connectivity index (χ1n) is 6.06. The van der Waals surface area contributed by atoms with Gasteiger partial charge in [-0.25, -0.2) is 0 Å². The predicted octanol–water partition coefficient (Wildman–Crippen LogP) is 3.62. The standard InChI is InChI=1S/C13H21NS/c1-10-5-2-3-6-11(10)12(9-14)13-7-4-8-15-13/h4,7-8,10-12H,2-3,5-6,9,14H2,1H3. The van der Waals surface area contributed by atoms with E-state index in [0.717, 1.165) is 18.4 Å². The number of hydrogen-bond donors (Lipinski definition) is 1. The summed E-state index contributed by atoms with van der Waals surface area (Å²) in [6.45, 7) is 3.22. The third kappa shape index (κ3) is 2.43. The maximum Gasteiger partial charge on any atom is 0.00916 e. The van der Waals surface area contributed by atoms with Crippen molar-refractivity contribution in [2.75, 3.05) is 6.54 Å². The lowest BCUT2D eigenvalue weighted by atomic mass is 9.73. The zero-order valence-corrected chi connectivity index (χ0v) is 10.3. The minimum Gasteiger partial charge on any atom is -0.330 e. The molecule has 1 aliphatic rings. The summed E-state index contributed by atoms with van der Waals surface area (Å²) in [6, 6.07) is 4.40. The zero-order chi connectivity index (χ0) is 10.7. The normalized spacial score (nSPS) is 28.9. The van der Waals surface area contributed by atoms with Gasteiger partial charge in [-0.1, -0.05) is 32.3 Å². The van der Waals surface area contributed by atoms with Crippen molar-refractivity contribution >= 4 is 11.3 Å². The average molecular weight is 223 g/mol. The first-order valence-corrected chi connectivity index (χ1v) is 6.94. The van der Waals surface area contributed by atoms with Crippen molar-refractivity contribution in [3.8, 4) is 0 Å². The SMILES string of the molecule is CC1CCCCC1C(CN)c1cccs1. The molecule has 2 rings (SSSR count). The van der Waals surface area contributed by atoms with Crippen molar-refractivity contribution < 1.29 is 0 Å². The molecule has 1 nitrogen and oxygen atoms in total. The fraction of sp³-hybridized carbons (Fsp3) is 0.692. The Bertz CT molecular complexity index is 281. The van der Waals surface area contributed by atoms with Gasteiger partial charge in [-0.05, 0) is 29.7 Å². The molecule has 0 radical (unpaired) electrons. The molecule has 2 N–H and O–H groups in total. The molecule has 84 valence electrons. The van der Waals surface area contributed by atoms with Gasteiger partial charge >= 0.3 is 0 Å². The van der Waals surface area contributed by atoms with E-state index in [1.807, 2.05) is 11.3 Å². The number of thiophene rings is 1. The predicted molar refractivity (Wildman–Crippen MR) is 67.2 cm³/mol. The van der Waals surface area contributed by atoms with Crippen LogP contribution in [0.2, 0.25) is 0 Å². The van der Waals surface area contributed by atoms with Gasteiger partial charge < -0.3 is 5.73 Å². The highest BCUT2D eigenvalue weighted by atomic mass is 32.1. The smallest absolute Gasteiger partial charge is 0.00916 e. The van der Waals surface area contributed by atoms with Crippen molar-refractivity contribution in [2.45, 2.75) is 38.5 Å². The molecule has 0 aliphatic heterocycles. The summed E-state index contributed by atoms with van der Waals surface area (Å²) in [5, 5.41) is 2.17. The molecule has 1 aliphatic carbocycles. The van der Waals surface area contributed by atoms with Crippen LogP contribution in [0, 0.1) is 11.8 Å². The summed E-state index contributed by atoms with van der Waals surface area (Å²) in [7, 11) is 0. The average Bonchev–Trinajstić information content (AvgIpc) is 2.75. The molecule has 1 aromatic heterocycles. The van der Waals surface area contributed by atoms with Gasteiger partial charge in [0.1, 0.15) is 0 Å². The van der Waals surface area contributed by atoms with E-state index < -0.39 is 0 Å². The van der Waals surface area contributed by atoms with Crippen molar-refractivity contribution in [1.82, 2.24) is 0 Å². The van der Waals surface area contributed by atoms with Gasteiger partial charge in [0.2, 0.25) is 0 Å². The van der Waals surface area contributed by atoms with Gasteiger partial charge in [-0.15, -0.1) is 11.3 Å². The van der Waals surface area contributed by atoms with Crippen LogP contribution in [0.15, 0.2) is 17.5 Å². The second-order valence-corrected chi connectivity index (χ2v) is 5.76. The molecule has 0 amide bonds. The molecule has 1 aromatic rings. The van der Waals surface area contributed by atoms with Gasteiger partial charge in [0.05, 0.1) is 0 Å². The molecule has 1 fully saturated rings. The molecule has 0 bridgehead atoms. The fourth-order valence-corrected chi connectivity index (χ4v) is 3.86. The highest BCUT2D eigenvalue weighted by Gasteiger charge is 2.29. The lowest BCUT2D eigenvalue weighted by Gasteiger charge is -2.34. The van der Waals surface area contributed by atoms with Crippen LogP contribution in [0.4, 0.5) is 0 Å². The zero-order valence-electron chi connectivity index (χ0n) is 9.49. The van der Waals surface area contributed by atoms with Crippen LogP contribution in [0.3, 0.4) is 0 Å². The Labute approximate surface area is 96.7 Å². The van der Waals surface area contributed by atoms with E-state index in [-0.39, 0.29) is 0 Å². The van der Waals surface area contributed by atoms with Gasteiger partial charge in [0.25, 0.3) is 0 Å². The summed E-state index contributed by atoms with van der Waals surface area (Å²) >= 11 is 1.87. The van der Waals surface area contributed by atoms with Crippen molar-refractivity contribution in [3.63, 3.8) is 0 Å². The molecular formula is C13H21NS. The quantitative estimate of drug-likeness (QED) is 0.832. The Hall–Kier alpha value is -0.340. The Morgan fingerprint density at radius 1 is 1.47 bits per heavy atom. The molecule has 15 heavy (non-hydrogen) atoms. The highest BCUT2D eigenvalue weighted by molar-refractivity contribution is 7.10. The van der Waals surface area contributed by atoms with Crippen molar-refractivity contribution in [3.05, 3.63) is 22.4 Å². The van der Waals surface area contributed by atoms with Crippen LogP contribution in [-0.2, 0) is 0 Å². The fourth-order valence-electron chi connectivity index (χ4n) is 2.95. The molecule has 1 heterocycles. The Morgan fingerprint density at radius 3 is 2.87 bits per heavy atom. The van der Waals surface area contributed by atoms with Crippen LogP contribution in [0.5, 0.6) is 0 Å². The van der Waals surface area contributed by atoms with E-state index in [9.17, 15) is 0 Å². The summed E-state index contributed by atoms with van der Waals surface area (Å²) in [4.78, 5) is 1.50. The molecule has 3 unspecified atom stereocenters. The summed E-state index contributed by atoms with van der Waals surface area (Å²) in [6.07, 6.45) is 5.59. The third-order valence-corrected chi connectivity index (χ3v) is 4.86. The Kier molecular flexibility index (Phi) is 3.81. The minimum absolute atomic E-state index is 0.611. The summed E-state index contributed by atoms with van der Waals surface area (Å²) < 4.78 is 0. The van der Waals surface area contributed by atoms with Crippen LogP contribution in [0.1, 0.15) is 43.4 Å². The molecular weight excluding hydrogens is 202 g/mol. The number of rotatable bonds is 3. The number of hydrogen-bond acceptors (Lipinski definition) is 2. The van der Waals surface area contributed by atoms with E-state index in [2.05, 4.69) is 24.4 Å².